The van der Waals surface area contributed by atoms with Crippen LogP contribution in [-0.2, 0) is 7.05 Å². The van der Waals surface area contributed by atoms with E-state index in [4.69, 9.17) is 0 Å². The van der Waals surface area contributed by atoms with Crippen molar-refractivity contribution in [1.82, 2.24) is 15.0 Å². The molecule has 0 aliphatic heterocycles. The number of benzene rings is 1. The Morgan fingerprint density at radius 2 is 2.35 bits per heavy atom. The van der Waals surface area contributed by atoms with Crippen LogP contribution in [0.5, 0.6) is 0 Å². The summed E-state index contributed by atoms with van der Waals surface area (Å²) in [4.78, 5) is 0.791. The minimum absolute atomic E-state index is 0.272. The van der Waals surface area contributed by atoms with Crippen LogP contribution in [0.2, 0.25) is 0 Å². The molecule has 1 heterocycles. The van der Waals surface area contributed by atoms with Gasteiger partial charge in [-0.3, -0.25) is 0 Å². The molecule has 2 rings (SSSR count). The molecule has 1 aromatic heterocycles. The predicted octanol–water partition coefficient (Wildman–Crippen LogP) is 1.78. The normalized spacial score (nSPS) is 12.6. The third-order valence-electron chi connectivity index (χ3n) is 2.29. The molecular weight excluding hydrogens is 241 g/mol. The van der Waals surface area contributed by atoms with E-state index < -0.39 is 6.10 Å². The van der Waals surface area contributed by atoms with Crippen LogP contribution in [0.15, 0.2) is 35.4 Å². The van der Waals surface area contributed by atoms with Gasteiger partial charge in [-0.2, -0.15) is 0 Å². The first-order chi connectivity index (χ1) is 8.16. The maximum atomic E-state index is 12.9. The fourth-order valence-corrected chi connectivity index (χ4v) is 2.31. The highest BCUT2D eigenvalue weighted by Gasteiger charge is 2.12. The van der Waals surface area contributed by atoms with Crippen LogP contribution < -0.4 is 0 Å². The van der Waals surface area contributed by atoms with Gasteiger partial charge in [-0.25, -0.2) is 9.07 Å². The number of aryl methyl sites for hydroxylation is 1. The van der Waals surface area contributed by atoms with Crippen LogP contribution >= 0.6 is 11.8 Å². The van der Waals surface area contributed by atoms with Crippen molar-refractivity contribution in [2.24, 2.45) is 7.05 Å². The molecule has 0 aliphatic carbocycles. The molecule has 90 valence electrons. The standard InChI is InChI=1S/C11H12FN3OS/c1-15-10(6-13-14-15)11(16)7-17-9-4-2-3-8(12)5-9/h2-6,11,16H,7H2,1H3. The average Bonchev–Trinajstić information content (AvgIpc) is 2.72. The molecule has 0 fully saturated rings. The molecule has 17 heavy (non-hydrogen) atoms. The molecule has 6 heteroatoms. The Hall–Kier alpha value is -1.40. The van der Waals surface area contributed by atoms with Crippen molar-refractivity contribution in [1.29, 1.82) is 0 Å². The fraction of sp³-hybridized carbons (Fsp3) is 0.273. The molecule has 2 aromatic rings. The maximum Gasteiger partial charge on any atom is 0.124 e. The first-order valence-corrected chi connectivity index (χ1v) is 6.06. The molecule has 1 atom stereocenters. The van der Waals surface area contributed by atoms with Gasteiger partial charge in [-0.1, -0.05) is 11.3 Å². The van der Waals surface area contributed by atoms with Crippen molar-refractivity contribution in [3.8, 4) is 0 Å². The SMILES string of the molecule is Cn1nncc1C(O)CSc1cccc(F)c1. The Bertz CT molecular complexity index is 503. The summed E-state index contributed by atoms with van der Waals surface area (Å²) in [7, 11) is 1.72. The second-order valence-corrected chi connectivity index (χ2v) is 4.66. The summed E-state index contributed by atoms with van der Waals surface area (Å²) < 4.78 is 14.5. The van der Waals surface area contributed by atoms with E-state index in [-0.39, 0.29) is 5.82 Å². The second kappa shape index (κ2) is 5.29. The van der Waals surface area contributed by atoms with E-state index in [0.29, 0.717) is 11.4 Å². The quantitative estimate of drug-likeness (QED) is 0.844. The van der Waals surface area contributed by atoms with E-state index in [1.165, 1.54) is 34.8 Å². The first-order valence-electron chi connectivity index (χ1n) is 5.08. The van der Waals surface area contributed by atoms with Crippen LogP contribution in [-0.4, -0.2) is 25.9 Å². The van der Waals surface area contributed by atoms with Gasteiger partial charge in [0.15, 0.2) is 0 Å². The van der Waals surface area contributed by atoms with Crippen molar-refractivity contribution in [2.75, 3.05) is 5.75 Å². The van der Waals surface area contributed by atoms with Crippen molar-refractivity contribution in [3.05, 3.63) is 42.0 Å². The van der Waals surface area contributed by atoms with Crippen molar-refractivity contribution in [3.63, 3.8) is 0 Å². The monoisotopic (exact) mass is 253 g/mol. The Labute approximate surface area is 102 Å². The molecule has 0 saturated heterocycles. The molecule has 1 aromatic carbocycles. The summed E-state index contributed by atoms with van der Waals surface area (Å²) in [5, 5.41) is 17.3. The zero-order valence-corrected chi connectivity index (χ0v) is 10.1. The first kappa shape index (κ1) is 12.1. The average molecular weight is 253 g/mol. The molecule has 0 radical (unpaired) electrons. The highest BCUT2D eigenvalue weighted by Crippen LogP contribution is 2.24. The Morgan fingerprint density at radius 3 is 3.00 bits per heavy atom. The molecule has 0 spiro atoms. The lowest BCUT2D eigenvalue weighted by molar-refractivity contribution is 0.193. The molecule has 1 N–H and O–H groups in total. The summed E-state index contributed by atoms with van der Waals surface area (Å²) >= 11 is 1.39. The van der Waals surface area contributed by atoms with Crippen LogP contribution in [0.25, 0.3) is 0 Å². The number of thioether (sulfide) groups is 1. The number of halogens is 1. The third kappa shape index (κ3) is 3.04. The third-order valence-corrected chi connectivity index (χ3v) is 3.36. The summed E-state index contributed by atoms with van der Waals surface area (Å²) in [5.41, 5.74) is 0.647. The largest absolute Gasteiger partial charge is 0.386 e. The number of hydrogen-bond donors (Lipinski definition) is 1. The van der Waals surface area contributed by atoms with Gasteiger partial charge in [-0.05, 0) is 18.2 Å². The zero-order valence-electron chi connectivity index (χ0n) is 9.25. The lowest BCUT2D eigenvalue weighted by Gasteiger charge is -2.09. The molecule has 0 aliphatic rings. The van der Waals surface area contributed by atoms with Crippen molar-refractivity contribution >= 4 is 11.8 Å². The van der Waals surface area contributed by atoms with Gasteiger partial charge in [-0.15, -0.1) is 16.9 Å². The fourth-order valence-electron chi connectivity index (χ4n) is 1.42. The van der Waals surface area contributed by atoms with Crippen molar-refractivity contribution in [2.45, 2.75) is 11.0 Å². The van der Waals surface area contributed by atoms with Gasteiger partial charge in [0, 0.05) is 17.7 Å². The highest BCUT2D eigenvalue weighted by molar-refractivity contribution is 7.99. The Kier molecular flexibility index (Phi) is 3.75. The number of aliphatic hydroxyl groups is 1. The number of rotatable bonds is 4. The number of hydrogen-bond acceptors (Lipinski definition) is 4. The number of nitrogens with zero attached hydrogens (tertiary/aromatic N) is 3. The van der Waals surface area contributed by atoms with Gasteiger partial charge < -0.3 is 5.11 Å². The smallest absolute Gasteiger partial charge is 0.124 e. The van der Waals surface area contributed by atoms with Crippen LogP contribution in [0.4, 0.5) is 4.39 Å². The topological polar surface area (TPSA) is 50.9 Å². The minimum atomic E-state index is -0.664. The lowest BCUT2D eigenvalue weighted by atomic mass is 10.3. The van der Waals surface area contributed by atoms with E-state index in [9.17, 15) is 9.50 Å². The molecule has 0 saturated carbocycles. The number of aromatic nitrogens is 3. The highest BCUT2D eigenvalue weighted by atomic mass is 32.2. The summed E-state index contributed by atoms with van der Waals surface area (Å²) in [6, 6.07) is 6.29. The van der Waals surface area contributed by atoms with E-state index in [0.717, 1.165) is 4.90 Å². The molecule has 0 amide bonds. The van der Waals surface area contributed by atoms with E-state index in [2.05, 4.69) is 10.3 Å². The van der Waals surface area contributed by atoms with Gasteiger partial charge in [0.2, 0.25) is 0 Å². The van der Waals surface area contributed by atoms with Gasteiger partial charge in [0.25, 0.3) is 0 Å². The number of aliphatic hydroxyl groups excluding tert-OH is 1. The molecule has 4 nitrogen and oxygen atoms in total. The maximum absolute atomic E-state index is 12.9. The summed E-state index contributed by atoms with van der Waals surface area (Å²) in [6.07, 6.45) is 0.861. The van der Waals surface area contributed by atoms with Crippen LogP contribution in [0, 0.1) is 5.82 Å². The predicted molar refractivity (Wildman–Crippen MR) is 63.1 cm³/mol. The summed E-state index contributed by atoms with van der Waals surface area (Å²) in [5.74, 6) is 0.164. The summed E-state index contributed by atoms with van der Waals surface area (Å²) in [6.45, 7) is 0. The van der Waals surface area contributed by atoms with Crippen LogP contribution in [0.1, 0.15) is 11.8 Å². The molecule has 1 unspecified atom stereocenters. The molecule has 0 bridgehead atoms. The van der Waals surface area contributed by atoms with Crippen molar-refractivity contribution < 1.29 is 9.50 Å². The lowest BCUT2D eigenvalue weighted by Crippen LogP contribution is -2.07. The Balaban J connectivity index is 1.97. The van der Waals surface area contributed by atoms with Gasteiger partial charge in [0.1, 0.15) is 11.9 Å². The van der Waals surface area contributed by atoms with Gasteiger partial charge >= 0.3 is 0 Å². The molecular formula is C11H12FN3OS. The van der Waals surface area contributed by atoms with Crippen LogP contribution in [0.3, 0.4) is 0 Å². The van der Waals surface area contributed by atoms with E-state index in [1.54, 1.807) is 13.1 Å². The van der Waals surface area contributed by atoms with E-state index in [1.807, 2.05) is 6.07 Å². The Morgan fingerprint density at radius 1 is 1.53 bits per heavy atom. The second-order valence-electron chi connectivity index (χ2n) is 3.57. The van der Waals surface area contributed by atoms with Gasteiger partial charge in [0.05, 0.1) is 11.9 Å². The minimum Gasteiger partial charge on any atom is -0.386 e. The van der Waals surface area contributed by atoms with E-state index >= 15 is 0 Å². The zero-order chi connectivity index (χ0) is 12.3.